The van der Waals surface area contributed by atoms with Gasteiger partial charge in [0.05, 0.1) is 20.3 Å². The van der Waals surface area contributed by atoms with Crippen LogP contribution >= 0.6 is 0 Å². The van der Waals surface area contributed by atoms with Crippen molar-refractivity contribution in [2.45, 2.75) is 26.7 Å². The van der Waals surface area contributed by atoms with E-state index in [2.05, 4.69) is 15.3 Å². The Bertz CT molecular complexity index is 196. The van der Waals surface area contributed by atoms with Gasteiger partial charge in [-0.15, -0.1) is 0 Å². The lowest BCUT2D eigenvalue weighted by molar-refractivity contribution is 0.153. The monoisotopic (exact) mass is 218 g/mol. The number of rotatable bonds is 5. The van der Waals surface area contributed by atoms with E-state index in [1.165, 1.54) is 7.11 Å². The number of ether oxygens (including phenoxy) is 3. The van der Waals surface area contributed by atoms with Crippen LogP contribution in [0.3, 0.4) is 0 Å². The Labute approximate surface area is 89.6 Å². The summed E-state index contributed by atoms with van der Waals surface area (Å²) in [5.74, 6) is 0. The highest BCUT2D eigenvalue weighted by atomic mass is 16.7. The summed E-state index contributed by atoms with van der Waals surface area (Å²) in [6, 6.07) is 0. The molecule has 0 aliphatic carbocycles. The van der Waals surface area contributed by atoms with E-state index in [1.54, 1.807) is 0 Å². The second-order valence-corrected chi connectivity index (χ2v) is 2.68. The molecule has 1 N–H and O–H groups in total. The van der Waals surface area contributed by atoms with E-state index in [0.717, 1.165) is 12.8 Å². The third kappa shape index (κ3) is 7.60. The lowest BCUT2D eigenvalue weighted by Gasteiger charge is -2.08. The summed E-state index contributed by atoms with van der Waals surface area (Å²) in [5, 5.41) is 3.62. The first kappa shape index (κ1) is 13.5. The molecule has 0 aromatic rings. The normalized spacial score (nSPS) is 9.00. The molecule has 6 nitrogen and oxygen atoms in total. The van der Waals surface area contributed by atoms with Gasteiger partial charge in [0.2, 0.25) is 0 Å². The van der Waals surface area contributed by atoms with Crippen molar-refractivity contribution in [3.8, 4) is 0 Å². The van der Waals surface area contributed by atoms with E-state index in [1.807, 2.05) is 13.8 Å². The average Bonchev–Trinajstić information content (AvgIpc) is 2.27. The van der Waals surface area contributed by atoms with Crippen molar-refractivity contribution in [3.05, 3.63) is 0 Å². The number of nitrogens with zero attached hydrogens (tertiary/aromatic N) is 1. The molecule has 0 unspecified atom stereocenters. The van der Waals surface area contributed by atoms with Crippen LogP contribution in [-0.4, -0.2) is 32.5 Å². The molecule has 0 aliphatic rings. The molecule has 0 saturated carbocycles. The smallest absolute Gasteiger partial charge is 0.427 e. The van der Waals surface area contributed by atoms with Crippen molar-refractivity contribution in [3.63, 3.8) is 0 Å². The van der Waals surface area contributed by atoms with Crippen LogP contribution in [0.15, 0.2) is 5.10 Å². The van der Waals surface area contributed by atoms with Crippen LogP contribution in [0.25, 0.3) is 0 Å². The van der Waals surface area contributed by atoms with Gasteiger partial charge in [0.25, 0.3) is 0 Å². The minimum absolute atomic E-state index is 0.0594. The molecule has 6 heteroatoms. The molecule has 0 heterocycles. The Balaban J connectivity index is 4.01. The van der Waals surface area contributed by atoms with Gasteiger partial charge in [-0.1, -0.05) is 18.9 Å². The zero-order valence-corrected chi connectivity index (χ0v) is 9.41. The first-order chi connectivity index (χ1) is 7.24. The Kier molecular flexibility index (Phi) is 8.22. The first-order valence-electron chi connectivity index (χ1n) is 4.91. The molecule has 0 spiro atoms. The number of nitrogens with one attached hydrogen (secondary N) is 1. The third-order valence-electron chi connectivity index (χ3n) is 1.28. The van der Waals surface area contributed by atoms with E-state index in [4.69, 9.17) is 9.47 Å². The second kappa shape index (κ2) is 9.11. The van der Waals surface area contributed by atoms with Crippen LogP contribution in [-0.2, 0) is 14.2 Å². The quantitative estimate of drug-likeness (QED) is 0.431. The van der Waals surface area contributed by atoms with E-state index in [9.17, 15) is 4.79 Å². The van der Waals surface area contributed by atoms with Gasteiger partial charge in [0.15, 0.2) is 0 Å². The zero-order valence-electron chi connectivity index (χ0n) is 9.41. The van der Waals surface area contributed by atoms with E-state index in [-0.39, 0.29) is 6.08 Å². The van der Waals surface area contributed by atoms with Crippen molar-refractivity contribution in [1.29, 1.82) is 0 Å². The maximum atomic E-state index is 10.7. The van der Waals surface area contributed by atoms with Gasteiger partial charge in [0, 0.05) is 0 Å². The van der Waals surface area contributed by atoms with Crippen LogP contribution in [0.5, 0.6) is 0 Å². The largest absolute Gasteiger partial charge is 0.452 e. The lowest BCUT2D eigenvalue weighted by Crippen LogP contribution is -2.22. The maximum Gasteiger partial charge on any atom is 0.427 e. The molecule has 1 amide bonds. The summed E-state index contributed by atoms with van der Waals surface area (Å²) >= 11 is 0. The van der Waals surface area contributed by atoms with Gasteiger partial charge in [0.1, 0.15) is 0 Å². The summed E-state index contributed by atoms with van der Waals surface area (Å²) in [5.41, 5.74) is 2.13. The van der Waals surface area contributed by atoms with Gasteiger partial charge in [-0.25, -0.2) is 10.2 Å². The van der Waals surface area contributed by atoms with Crippen LogP contribution in [0, 0.1) is 0 Å². The minimum atomic E-state index is -0.660. The van der Waals surface area contributed by atoms with Crippen LogP contribution < -0.4 is 5.43 Å². The number of amides is 1. The lowest BCUT2D eigenvalue weighted by atomic mass is 10.5. The molecular weight excluding hydrogens is 200 g/mol. The van der Waals surface area contributed by atoms with Crippen molar-refractivity contribution >= 4 is 12.2 Å². The number of carbonyl (C=O) groups is 1. The number of methoxy groups -OCH3 is 1. The Morgan fingerprint density at radius 3 is 2.13 bits per heavy atom. The molecule has 0 saturated heterocycles. The van der Waals surface area contributed by atoms with Gasteiger partial charge >= 0.3 is 12.2 Å². The molecule has 0 bridgehead atoms. The summed E-state index contributed by atoms with van der Waals surface area (Å²) < 4.78 is 14.6. The Hall–Kier alpha value is -1.46. The van der Waals surface area contributed by atoms with Gasteiger partial charge in [-0.2, -0.15) is 0 Å². The van der Waals surface area contributed by atoms with Crippen molar-refractivity contribution < 1.29 is 19.0 Å². The highest BCUT2D eigenvalue weighted by Crippen LogP contribution is 1.90. The van der Waals surface area contributed by atoms with Crippen LogP contribution in [0.4, 0.5) is 4.79 Å². The van der Waals surface area contributed by atoms with Crippen LogP contribution in [0.2, 0.25) is 0 Å². The summed E-state index contributed by atoms with van der Waals surface area (Å²) in [6.45, 7) is 4.91. The SMILES string of the molecule is CCCOC(=NNC(=O)OC)OCCC. The van der Waals surface area contributed by atoms with Crippen LogP contribution in [0.1, 0.15) is 26.7 Å². The first-order valence-corrected chi connectivity index (χ1v) is 4.91. The van der Waals surface area contributed by atoms with E-state index < -0.39 is 6.09 Å². The molecule has 0 aromatic carbocycles. The topological polar surface area (TPSA) is 69.2 Å². The fourth-order valence-corrected chi connectivity index (χ4v) is 0.622. The standard InChI is InChI=1S/C9H18N2O4/c1-4-6-14-9(15-7-5-2)11-10-8(12)13-3/h4-7H2,1-3H3,(H,10,12). The fourth-order valence-electron chi connectivity index (χ4n) is 0.622. The zero-order chi connectivity index (χ0) is 11.5. The molecule has 88 valence electrons. The second-order valence-electron chi connectivity index (χ2n) is 2.68. The van der Waals surface area contributed by atoms with Crippen molar-refractivity contribution in [2.75, 3.05) is 20.3 Å². The van der Waals surface area contributed by atoms with E-state index >= 15 is 0 Å². The van der Waals surface area contributed by atoms with E-state index in [0.29, 0.717) is 13.2 Å². The molecule has 0 fully saturated rings. The molecule has 0 atom stereocenters. The summed E-state index contributed by atoms with van der Waals surface area (Å²) in [6.07, 6.45) is 1.08. The molecule has 15 heavy (non-hydrogen) atoms. The molecule has 0 rings (SSSR count). The number of hydrazone groups is 1. The van der Waals surface area contributed by atoms with Crippen molar-refractivity contribution in [1.82, 2.24) is 5.43 Å². The number of hydrogen-bond donors (Lipinski definition) is 1. The third-order valence-corrected chi connectivity index (χ3v) is 1.28. The fraction of sp³-hybridized carbons (Fsp3) is 0.778. The molecule has 0 aliphatic heterocycles. The van der Waals surface area contributed by atoms with Crippen molar-refractivity contribution in [2.24, 2.45) is 5.10 Å². The highest BCUT2D eigenvalue weighted by molar-refractivity contribution is 5.71. The number of carbonyl (C=O) groups excluding carboxylic acids is 1. The maximum absolute atomic E-state index is 10.7. The minimum Gasteiger partial charge on any atom is -0.452 e. The Morgan fingerprint density at radius 2 is 1.73 bits per heavy atom. The molecular formula is C9H18N2O4. The van der Waals surface area contributed by atoms with Gasteiger partial charge in [-0.05, 0) is 12.8 Å². The molecule has 0 aromatic heterocycles. The number of hydrogen-bond acceptors (Lipinski definition) is 5. The average molecular weight is 218 g/mol. The predicted molar refractivity (Wildman–Crippen MR) is 55.5 cm³/mol. The summed E-state index contributed by atoms with van der Waals surface area (Å²) in [4.78, 5) is 10.7. The Morgan fingerprint density at radius 1 is 1.20 bits per heavy atom. The van der Waals surface area contributed by atoms with Gasteiger partial charge < -0.3 is 14.2 Å². The summed E-state index contributed by atoms with van der Waals surface area (Å²) in [7, 11) is 1.25. The predicted octanol–water partition coefficient (Wildman–Crippen LogP) is 1.47. The van der Waals surface area contributed by atoms with Gasteiger partial charge in [-0.3, -0.25) is 0 Å². The molecule has 0 radical (unpaired) electrons. The highest BCUT2D eigenvalue weighted by Gasteiger charge is 2.03.